The molecule has 4 aromatic rings. The first-order valence-electron chi connectivity index (χ1n) is 10.9. The van der Waals surface area contributed by atoms with E-state index < -0.39 is 4.92 Å². The number of rotatable bonds is 10. The number of pyridine rings is 1. The van der Waals surface area contributed by atoms with Crippen LogP contribution in [0.5, 0.6) is 0 Å². The third-order valence-electron chi connectivity index (χ3n) is 5.36. The van der Waals surface area contributed by atoms with Crippen LogP contribution in [0.3, 0.4) is 0 Å². The fourth-order valence-electron chi connectivity index (χ4n) is 3.61. The lowest BCUT2D eigenvalue weighted by atomic mass is 10.1. The number of amides is 1. The second-order valence-electron chi connectivity index (χ2n) is 7.83. The van der Waals surface area contributed by atoms with Gasteiger partial charge < -0.3 is 25.4 Å². The molecule has 0 aliphatic heterocycles. The Morgan fingerprint density at radius 3 is 2.72 bits per heavy atom. The first kappa shape index (κ1) is 25.1. The summed E-state index contributed by atoms with van der Waals surface area (Å²) in [5.74, 6) is 0.646. The number of halogens is 2. The van der Waals surface area contributed by atoms with Crippen molar-refractivity contribution in [1.29, 1.82) is 0 Å². The van der Waals surface area contributed by atoms with Crippen LogP contribution in [0.1, 0.15) is 22.7 Å². The van der Waals surface area contributed by atoms with E-state index in [1.165, 1.54) is 12.1 Å². The van der Waals surface area contributed by atoms with Crippen LogP contribution in [0.25, 0.3) is 11.1 Å². The lowest BCUT2D eigenvalue weighted by Crippen LogP contribution is -2.25. The Hall–Kier alpha value is -4.02. The molecule has 0 fully saturated rings. The topological polar surface area (TPSA) is 141 Å². The van der Waals surface area contributed by atoms with Crippen molar-refractivity contribution in [3.05, 3.63) is 92.6 Å². The molecule has 12 heteroatoms. The van der Waals surface area contributed by atoms with Gasteiger partial charge in [-0.15, -0.1) is 0 Å². The molecule has 0 saturated heterocycles. The van der Waals surface area contributed by atoms with E-state index >= 15 is 0 Å². The normalized spacial score (nSPS) is 10.8. The lowest BCUT2D eigenvalue weighted by Gasteiger charge is -2.10. The number of benzene rings is 1. The van der Waals surface area contributed by atoms with Crippen molar-refractivity contribution in [2.45, 2.75) is 19.5 Å². The summed E-state index contributed by atoms with van der Waals surface area (Å²) in [4.78, 5) is 27.3. The molecule has 0 unspecified atom stereocenters. The Bertz CT molecular complexity index is 1390. The minimum Gasteiger partial charge on any atom is -0.467 e. The molecule has 4 N–H and O–H groups in total. The molecular formula is C24H22Cl2N6O4. The van der Waals surface area contributed by atoms with Crippen LogP contribution in [0.2, 0.25) is 10.0 Å². The molecule has 1 amide bonds. The van der Waals surface area contributed by atoms with E-state index in [1.54, 1.807) is 42.7 Å². The molecule has 3 heterocycles. The van der Waals surface area contributed by atoms with Crippen LogP contribution in [0.15, 0.2) is 65.4 Å². The molecule has 0 radical (unpaired) electrons. The maximum absolute atomic E-state index is 13.0. The van der Waals surface area contributed by atoms with Crippen LogP contribution in [-0.4, -0.2) is 26.9 Å². The van der Waals surface area contributed by atoms with Gasteiger partial charge in [0.2, 0.25) is 5.82 Å². The Labute approximate surface area is 216 Å². The van der Waals surface area contributed by atoms with Crippen LogP contribution >= 0.6 is 23.2 Å². The lowest BCUT2D eigenvalue weighted by molar-refractivity contribution is -0.384. The van der Waals surface area contributed by atoms with Gasteiger partial charge in [0.1, 0.15) is 17.3 Å². The number of nitrogen functional groups attached to an aromatic ring is 1. The number of nitrogens with one attached hydrogen (secondary N) is 2. The molecule has 36 heavy (non-hydrogen) atoms. The van der Waals surface area contributed by atoms with Crippen LogP contribution < -0.4 is 16.4 Å². The maximum Gasteiger partial charge on any atom is 0.311 e. The fraction of sp³-hybridized carbons (Fsp3) is 0.167. The molecule has 0 aliphatic rings. The number of aryl methyl sites for hydroxylation is 1. The minimum atomic E-state index is -0.582. The highest BCUT2D eigenvalue weighted by atomic mass is 35.5. The quantitative estimate of drug-likeness (QED) is 0.142. The molecule has 1 aromatic carbocycles. The van der Waals surface area contributed by atoms with Gasteiger partial charge in [-0.25, -0.2) is 4.98 Å². The van der Waals surface area contributed by atoms with E-state index in [-0.39, 0.29) is 24.0 Å². The van der Waals surface area contributed by atoms with Gasteiger partial charge in [-0.1, -0.05) is 29.3 Å². The summed E-state index contributed by atoms with van der Waals surface area (Å²) in [7, 11) is 0. The Morgan fingerprint density at radius 2 is 2.03 bits per heavy atom. The number of hydrogen-bond acceptors (Lipinski definition) is 7. The fourth-order valence-corrected chi connectivity index (χ4v) is 4.13. The number of aromatic nitrogens is 2. The zero-order valence-corrected chi connectivity index (χ0v) is 20.4. The molecule has 0 bridgehead atoms. The van der Waals surface area contributed by atoms with Gasteiger partial charge >= 0.3 is 5.69 Å². The molecular weight excluding hydrogens is 507 g/mol. The van der Waals surface area contributed by atoms with Gasteiger partial charge in [-0.2, -0.15) is 0 Å². The number of anilines is 2. The van der Waals surface area contributed by atoms with Crippen LogP contribution in [-0.2, 0) is 13.1 Å². The SMILES string of the molecule is Nc1nc(NCCCn2cc(-c3ccc(Cl)cc3Cl)cc2C(=O)NCc2ccco2)ccc1[N+](=O)[O-]. The van der Waals surface area contributed by atoms with E-state index in [0.717, 1.165) is 11.1 Å². The van der Waals surface area contributed by atoms with Crippen molar-refractivity contribution in [2.24, 2.45) is 0 Å². The average molecular weight is 529 g/mol. The van der Waals surface area contributed by atoms with Crippen LogP contribution in [0, 0.1) is 10.1 Å². The molecule has 10 nitrogen and oxygen atoms in total. The van der Waals surface area contributed by atoms with E-state index in [0.29, 0.717) is 46.8 Å². The molecule has 0 atom stereocenters. The summed E-state index contributed by atoms with van der Waals surface area (Å²) < 4.78 is 7.13. The number of carbonyl (C=O) groups excluding carboxylic acids is 1. The zero-order chi connectivity index (χ0) is 25.7. The number of nitro groups is 1. The van der Waals surface area contributed by atoms with Crippen molar-refractivity contribution in [3.8, 4) is 11.1 Å². The number of nitrogens with two attached hydrogens (primary N) is 1. The number of furan rings is 1. The first-order chi connectivity index (χ1) is 17.3. The Kier molecular flexibility index (Phi) is 7.77. The summed E-state index contributed by atoms with van der Waals surface area (Å²) in [6.45, 7) is 1.25. The summed E-state index contributed by atoms with van der Waals surface area (Å²) in [5.41, 5.74) is 7.39. The summed E-state index contributed by atoms with van der Waals surface area (Å²) in [6, 6.07) is 13.3. The van der Waals surface area contributed by atoms with Crippen molar-refractivity contribution < 1.29 is 14.1 Å². The third kappa shape index (κ3) is 5.96. The predicted octanol–water partition coefficient (Wildman–Crippen LogP) is 5.37. The second-order valence-corrected chi connectivity index (χ2v) is 8.68. The van der Waals surface area contributed by atoms with Crippen LogP contribution in [0.4, 0.5) is 17.3 Å². The summed E-state index contributed by atoms with van der Waals surface area (Å²) >= 11 is 12.4. The minimum absolute atomic E-state index is 0.157. The van der Waals surface area contributed by atoms with Crippen molar-refractivity contribution in [1.82, 2.24) is 14.9 Å². The highest BCUT2D eigenvalue weighted by Gasteiger charge is 2.17. The van der Waals surface area contributed by atoms with Gasteiger partial charge in [-0.3, -0.25) is 14.9 Å². The summed E-state index contributed by atoms with van der Waals surface area (Å²) in [5, 5.41) is 17.9. The van der Waals surface area contributed by atoms with Gasteiger partial charge in [0.25, 0.3) is 5.91 Å². The van der Waals surface area contributed by atoms with Gasteiger partial charge in [0.15, 0.2) is 0 Å². The summed E-state index contributed by atoms with van der Waals surface area (Å²) in [6.07, 6.45) is 4.03. The number of nitrogens with zero attached hydrogens (tertiary/aromatic N) is 3. The van der Waals surface area contributed by atoms with E-state index in [1.807, 2.05) is 10.8 Å². The van der Waals surface area contributed by atoms with Crippen molar-refractivity contribution in [2.75, 3.05) is 17.6 Å². The first-order valence-corrected chi connectivity index (χ1v) is 11.7. The smallest absolute Gasteiger partial charge is 0.311 e. The maximum atomic E-state index is 13.0. The van der Waals surface area contributed by atoms with Crippen molar-refractivity contribution >= 4 is 46.4 Å². The largest absolute Gasteiger partial charge is 0.467 e. The van der Waals surface area contributed by atoms with E-state index in [9.17, 15) is 14.9 Å². The number of hydrogen-bond donors (Lipinski definition) is 3. The van der Waals surface area contributed by atoms with E-state index in [4.69, 9.17) is 33.4 Å². The highest BCUT2D eigenvalue weighted by Crippen LogP contribution is 2.32. The monoisotopic (exact) mass is 528 g/mol. The molecule has 4 rings (SSSR count). The predicted molar refractivity (Wildman–Crippen MR) is 138 cm³/mol. The third-order valence-corrected chi connectivity index (χ3v) is 5.90. The molecule has 3 aromatic heterocycles. The van der Waals surface area contributed by atoms with E-state index in [2.05, 4.69) is 15.6 Å². The average Bonchev–Trinajstić information content (AvgIpc) is 3.50. The molecule has 0 saturated carbocycles. The van der Waals surface area contributed by atoms with Gasteiger partial charge in [0.05, 0.1) is 17.7 Å². The molecule has 186 valence electrons. The molecule has 0 aliphatic carbocycles. The van der Waals surface area contributed by atoms with Gasteiger partial charge in [0, 0.05) is 46.5 Å². The Balaban J connectivity index is 1.47. The van der Waals surface area contributed by atoms with Gasteiger partial charge in [-0.05, 0) is 42.8 Å². The zero-order valence-electron chi connectivity index (χ0n) is 18.9. The van der Waals surface area contributed by atoms with Crippen molar-refractivity contribution in [3.63, 3.8) is 0 Å². The molecule has 0 spiro atoms. The standard InChI is InChI=1S/C24H22Cl2N6O4/c25-16-4-5-18(19(26)12-16)15-11-21(24(33)29-13-17-3-1-10-36-17)31(14-15)9-2-8-28-22-7-6-20(32(34)35)23(27)30-22/h1,3-7,10-12,14H,2,8-9,13H2,(H,29,33)(H3,27,28,30). The number of carbonyl (C=O) groups is 1. The Morgan fingerprint density at radius 1 is 1.19 bits per heavy atom. The highest BCUT2D eigenvalue weighted by molar-refractivity contribution is 6.36. The second kappa shape index (κ2) is 11.1.